The van der Waals surface area contributed by atoms with Gasteiger partial charge in [0, 0.05) is 19.7 Å². The van der Waals surface area contributed by atoms with Crippen molar-refractivity contribution in [3.8, 4) is 11.6 Å². The third kappa shape index (κ3) is 4.24. The Hall–Kier alpha value is -2.07. The number of hydrogen-bond donors (Lipinski definition) is 1. The molecule has 1 N–H and O–H groups in total. The van der Waals surface area contributed by atoms with E-state index in [4.69, 9.17) is 9.47 Å². The fourth-order valence-electron chi connectivity index (χ4n) is 1.82. The molecule has 4 nitrogen and oxygen atoms in total. The Kier molecular flexibility index (Phi) is 5.38. The Morgan fingerprint density at radius 1 is 1.10 bits per heavy atom. The lowest BCUT2D eigenvalue weighted by Gasteiger charge is -2.08. The molecule has 0 aliphatic rings. The molecule has 2 rings (SSSR count). The van der Waals surface area contributed by atoms with Crippen LogP contribution in [0.2, 0.25) is 0 Å². The Labute approximate surface area is 119 Å². The third-order valence-corrected chi connectivity index (χ3v) is 2.82. The highest BCUT2D eigenvalue weighted by Gasteiger charge is 2.01. The minimum atomic E-state index is 0.591. The van der Waals surface area contributed by atoms with E-state index in [1.54, 1.807) is 7.11 Å². The number of hydrogen-bond acceptors (Lipinski definition) is 4. The molecule has 1 aromatic heterocycles. The molecule has 0 aliphatic carbocycles. The van der Waals surface area contributed by atoms with E-state index in [2.05, 4.69) is 10.3 Å². The molecule has 106 valence electrons. The fourth-order valence-corrected chi connectivity index (χ4v) is 1.82. The van der Waals surface area contributed by atoms with Gasteiger partial charge in [-0.15, -0.1) is 0 Å². The van der Waals surface area contributed by atoms with Crippen LogP contribution in [0, 0.1) is 0 Å². The zero-order valence-corrected chi connectivity index (χ0v) is 11.9. The number of nitrogens with one attached hydrogen (secondary N) is 1. The van der Waals surface area contributed by atoms with Crippen molar-refractivity contribution >= 4 is 5.82 Å². The lowest BCUT2D eigenvalue weighted by Crippen LogP contribution is -1.99. The first-order valence-corrected chi connectivity index (χ1v) is 6.78. The molecule has 4 heteroatoms. The molecule has 0 unspecified atom stereocenters. The maximum Gasteiger partial charge on any atom is 0.221 e. The summed E-state index contributed by atoms with van der Waals surface area (Å²) in [6.45, 7) is 3.60. The van der Waals surface area contributed by atoms with Gasteiger partial charge in [-0.05, 0) is 37.1 Å². The summed E-state index contributed by atoms with van der Waals surface area (Å²) in [5.74, 6) is 2.20. The van der Waals surface area contributed by atoms with E-state index in [9.17, 15) is 0 Å². The maximum absolute atomic E-state index is 5.74. The van der Waals surface area contributed by atoms with Gasteiger partial charge in [0.2, 0.25) is 5.88 Å². The molecule has 0 bridgehead atoms. The highest BCUT2D eigenvalue weighted by atomic mass is 16.5. The number of nitrogens with zero attached hydrogens (tertiary/aromatic N) is 1. The van der Waals surface area contributed by atoms with Crippen LogP contribution in [-0.4, -0.2) is 25.2 Å². The van der Waals surface area contributed by atoms with Crippen LogP contribution in [0.4, 0.5) is 5.82 Å². The summed E-state index contributed by atoms with van der Waals surface area (Å²) in [5, 5.41) is 3.16. The molecule has 1 heterocycles. The van der Waals surface area contributed by atoms with Gasteiger partial charge in [-0.25, -0.2) is 0 Å². The van der Waals surface area contributed by atoms with Crippen molar-refractivity contribution in [2.24, 2.45) is 0 Å². The Balaban J connectivity index is 2.00. The monoisotopic (exact) mass is 272 g/mol. The maximum atomic E-state index is 5.74. The molecule has 0 radical (unpaired) electrons. The molecule has 20 heavy (non-hydrogen) atoms. The topological polar surface area (TPSA) is 43.4 Å². The quantitative estimate of drug-likeness (QED) is 0.838. The van der Waals surface area contributed by atoms with Gasteiger partial charge in [0.25, 0.3) is 0 Å². The molecule has 0 fully saturated rings. The predicted molar refractivity (Wildman–Crippen MR) is 80.5 cm³/mol. The number of rotatable bonds is 7. The molecule has 0 spiro atoms. The Morgan fingerprint density at radius 3 is 2.60 bits per heavy atom. The average Bonchev–Trinajstić information content (AvgIpc) is 2.47. The van der Waals surface area contributed by atoms with Crippen molar-refractivity contribution in [3.63, 3.8) is 0 Å². The van der Waals surface area contributed by atoms with Crippen LogP contribution >= 0.6 is 0 Å². The summed E-state index contributed by atoms with van der Waals surface area (Å²) in [5.41, 5.74) is 1.23. The summed E-state index contributed by atoms with van der Waals surface area (Å²) in [4.78, 5) is 4.38. The second-order valence-corrected chi connectivity index (χ2v) is 4.38. The first-order valence-electron chi connectivity index (χ1n) is 6.78. The molecule has 1 aromatic carbocycles. The lowest BCUT2D eigenvalue weighted by atomic mass is 10.1. The first kappa shape index (κ1) is 14.3. The van der Waals surface area contributed by atoms with Crippen LogP contribution in [0.25, 0.3) is 0 Å². The number of pyridine rings is 1. The smallest absolute Gasteiger partial charge is 0.221 e. The summed E-state index contributed by atoms with van der Waals surface area (Å²) in [6.07, 6.45) is 0.908. The number of aromatic nitrogens is 1. The van der Waals surface area contributed by atoms with Crippen LogP contribution < -0.4 is 10.1 Å². The first-order chi connectivity index (χ1) is 9.81. The van der Waals surface area contributed by atoms with Gasteiger partial charge in [-0.2, -0.15) is 4.98 Å². The zero-order chi connectivity index (χ0) is 14.2. The molecule has 0 saturated heterocycles. The highest BCUT2D eigenvalue weighted by Crippen LogP contribution is 2.21. The summed E-state index contributed by atoms with van der Waals surface area (Å²) >= 11 is 0. The second kappa shape index (κ2) is 7.50. The summed E-state index contributed by atoms with van der Waals surface area (Å²) in [6, 6.07) is 13.7. The summed E-state index contributed by atoms with van der Waals surface area (Å²) in [7, 11) is 1.71. The number of anilines is 1. The van der Waals surface area contributed by atoms with Gasteiger partial charge in [0.05, 0.1) is 6.61 Å². The molecule has 2 aromatic rings. The van der Waals surface area contributed by atoms with Crippen molar-refractivity contribution in [2.75, 3.05) is 25.6 Å². The van der Waals surface area contributed by atoms with Gasteiger partial charge in [0.15, 0.2) is 0 Å². The Bertz CT molecular complexity index is 526. The van der Waals surface area contributed by atoms with Gasteiger partial charge < -0.3 is 14.8 Å². The third-order valence-electron chi connectivity index (χ3n) is 2.82. The molecular formula is C16H20N2O2. The van der Waals surface area contributed by atoms with E-state index >= 15 is 0 Å². The number of benzene rings is 1. The largest absolute Gasteiger partial charge is 0.439 e. The normalized spacial score (nSPS) is 10.3. The van der Waals surface area contributed by atoms with Crippen LogP contribution in [-0.2, 0) is 11.2 Å². The lowest BCUT2D eigenvalue weighted by molar-refractivity contribution is 0.202. The number of ether oxygens (including phenoxy) is 2. The van der Waals surface area contributed by atoms with E-state index in [1.165, 1.54) is 5.56 Å². The van der Waals surface area contributed by atoms with E-state index in [1.807, 2.05) is 49.4 Å². The van der Waals surface area contributed by atoms with Gasteiger partial charge >= 0.3 is 0 Å². The number of methoxy groups -OCH3 is 1. The van der Waals surface area contributed by atoms with E-state index in [-0.39, 0.29) is 0 Å². The van der Waals surface area contributed by atoms with Gasteiger partial charge in [0.1, 0.15) is 11.6 Å². The van der Waals surface area contributed by atoms with Crippen molar-refractivity contribution in [1.29, 1.82) is 0 Å². The van der Waals surface area contributed by atoms with E-state index in [0.717, 1.165) is 31.1 Å². The minimum Gasteiger partial charge on any atom is -0.439 e. The minimum absolute atomic E-state index is 0.591. The van der Waals surface area contributed by atoms with Crippen LogP contribution in [0.1, 0.15) is 12.5 Å². The second-order valence-electron chi connectivity index (χ2n) is 4.38. The molecular weight excluding hydrogens is 252 g/mol. The highest BCUT2D eigenvalue weighted by molar-refractivity contribution is 5.38. The van der Waals surface area contributed by atoms with Gasteiger partial charge in [-0.1, -0.05) is 18.2 Å². The molecule has 0 saturated carbocycles. The molecule has 0 amide bonds. The van der Waals surface area contributed by atoms with Crippen molar-refractivity contribution in [3.05, 3.63) is 48.0 Å². The standard InChI is InChI=1S/C16H20N2O2/c1-3-17-15-5-4-6-16(18-15)20-14-9-7-13(8-10-14)11-12-19-2/h4-10H,3,11-12H2,1-2H3,(H,17,18). The summed E-state index contributed by atoms with van der Waals surface area (Å²) < 4.78 is 10.8. The van der Waals surface area contributed by atoms with Crippen molar-refractivity contribution in [1.82, 2.24) is 4.98 Å². The fraction of sp³-hybridized carbons (Fsp3) is 0.312. The average molecular weight is 272 g/mol. The predicted octanol–water partition coefficient (Wildman–Crippen LogP) is 3.49. The SMILES string of the molecule is CCNc1cccc(Oc2ccc(CCOC)cc2)n1. The van der Waals surface area contributed by atoms with Crippen LogP contribution in [0.3, 0.4) is 0 Å². The molecule has 0 atom stereocenters. The zero-order valence-electron chi connectivity index (χ0n) is 11.9. The van der Waals surface area contributed by atoms with Gasteiger partial charge in [-0.3, -0.25) is 0 Å². The van der Waals surface area contributed by atoms with Crippen LogP contribution in [0.5, 0.6) is 11.6 Å². The van der Waals surface area contributed by atoms with Crippen molar-refractivity contribution in [2.45, 2.75) is 13.3 Å². The van der Waals surface area contributed by atoms with Crippen LogP contribution in [0.15, 0.2) is 42.5 Å². The Morgan fingerprint density at radius 2 is 1.90 bits per heavy atom. The van der Waals surface area contributed by atoms with Crippen molar-refractivity contribution < 1.29 is 9.47 Å². The molecule has 0 aliphatic heterocycles. The van der Waals surface area contributed by atoms with E-state index < -0.39 is 0 Å². The van der Waals surface area contributed by atoms with E-state index in [0.29, 0.717) is 5.88 Å².